The Bertz CT molecular complexity index is 1830. The second-order valence-corrected chi connectivity index (χ2v) is 12.7. The van der Waals surface area contributed by atoms with Gasteiger partial charge in [-0.25, -0.2) is 0 Å². The fourth-order valence-corrected chi connectivity index (χ4v) is 7.16. The Kier molecular flexibility index (Phi) is 8.69. The maximum absolute atomic E-state index is 5.92. The molecule has 0 spiro atoms. The fourth-order valence-electron chi connectivity index (χ4n) is 5.53. The molecule has 0 aliphatic rings. The SMILES string of the molecule is C#Cc1sc(-c2ccc(-c3ccc(N(c4ccc(C)cc4)c4ccc(C)cc4)cc3)c3nsnc23)cc1CCCCCC. The van der Waals surface area contributed by atoms with E-state index >= 15 is 0 Å². The third-order valence-electron chi connectivity index (χ3n) is 7.94. The van der Waals surface area contributed by atoms with Crippen LogP contribution in [0, 0.1) is 26.2 Å². The van der Waals surface area contributed by atoms with Crippen molar-refractivity contribution in [3.05, 3.63) is 113 Å². The Morgan fingerprint density at radius 3 is 1.84 bits per heavy atom. The minimum Gasteiger partial charge on any atom is -0.311 e. The molecule has 5 heteroatoms. The average molecular weight is 598 g/mol. The molecule has 4 aromatic carbocycles. The summed E-state index contributed by atoms with van der Waals surface area (Å²) in [5.74, 6) is 2.93. The van der Waals surface area contributed by atoms with Crippen LogP contribution in [-0.2, 0) is 6.42 Å². The summed E-state index contributed by atoms with van der Waals surface area (Å²) in [7, 11) is 0. The number of rotatable bonds is 10. The van der Waals surface area contributed by atoms with E-state index in [1.165, 1.54) is 59.0 Å². The number of hydrogen-bond acceptors (Lipinski definition) is 5. The summed E-state index contributed by atoms with van der Waals surface area (Å²) >= 11 is 2.96. The number of unbranched alkanes of at least 4 members (excludes halogenated alkanes) is 3. The van der Waals surface area contributed by atoms with Crippen LogP contribution in [0.5, 0.6) is 0 Å². The molecule has 0 aliphatic heterocycles. The number of hydrogen-bond donors (Lipinski definition) is 0. The standard InChI is InChI=1S/C38H35N3S2/c1-5-7-8-9-10-29-25-36(42-35(29)6-2)34-24-23-33(37-38(34)40-43-39-37)28-15-21-32(22-16-28)41(30-17-11-26(3)12-18-30)31-19-13-27(4)14-20-31/h2,11-25H,5,7-10H2,1,3-4H3. The van der Waals surface area contributed by atoms with Gasteiger partial charge < -0.3 is 4.90 Å². The second-order valence-electron chi connectivity index (χ2n) is 11.1. The minimum absolute atomic E-state index is 0.935. The molecule has 0 unspecified atom stereocenters. The van der Waals surface area contributed by atoms with E-state index in [2.05, 4.69) is 123 Å². The van der Waals surface area contributed by atoms with Crippen LogP contribution in [0.2, 0.25) is 0 Å². The third kappa shape index (κ3) is 6.13. The zero-order valence-corrected chi connectivity index (χ0v) is 26.6. The van der Waals surface area contributed by atoms with Crippen LogP contribution in [0.1, 0.15) is 54.2 Å². The van der Waals surface area contributed by atoms with E-state index in [1.54, 1.807) is 11.3 Å². The van der Waals surface area contributed by atoms with Crippen LogP contribution >= 0.6 is 23.1 Å². The molecule has 3 nitrogen and oxygen atoms in total. The van der Waals surface area contributed by atoms with Gasteiger partial charge in [-0.05, 0) is 80.3 Å². The largest absolute Gasteiger partial charge is 0.311 e. The quantitative estimate of drug-likeness (QED) is 0.116. The number of benzene rings is 4. The average Bonchev–Trinajstić information content (AvgIpc) is 3.69. The van der Waals surface area contributed by atoms with Crippen LogP contribution in [0.25, 0.3) is 32.6 Å². The molecule has 0 saturated carbocycles. The van der Waals surface area contributed by atoms with Crippen molar-refractivity contribution >= 4 is 51.2 Å². The first-order valence-electron chi connectivity index (χ1n) is 14.9. The zero-order chi connectivity index (χ0) is 29.8. The highest BCUT2D eigenvalue weighted by molar-refractivity contribution is 7.16. The molecule has 2 heterocycles. The van der Waals surface area contributed by atoms with Gasteiger partial charge in [-0.1, -0.05) is 91.8 Å². The van der Waals surface area contributed by atoms with Gasteiger partial charge in [0.2, 0.25) is 0 Å². The van der Waals surface area contributed by atoms with Crippen molar-refractivity contribution in [2.75, 3.05) is 4.90 Å². The highest BCUT2D eigenvalue weighted by atomic mass is 32.1. The Balaban J connectivity index is 1.33. The topological polar surface area (TPSA) is 29.0 Å². The Morgan fingerprint density at radius 2 is 1.26 bits per heavy atom. The van der Waals surface area contributed by atoms with Crippen LogP contribution < -0.4 is 4.90 Å². The first-order chi connectivity index (χ1) is 21.1. The minimum atomic E-state index is 0.935. The molecule has 6 aromatic rings. The van der Waals surface area contributed by atoms with Crippen LogP contribution in [0.4, 0.5) is 17.1 Å². The monoisotopic (exact) mass is 597 g/mol. The first kappa shape index (κ1) is 28.9. The van der Waals surface area contributed by atoms with Crippen LogP contribution in [0.3, 0.4) is 0 Å². The van der Waals surface area contributed by atoms with Gasteiger partial charge in [-0.2, -0.15) is 8.75 Å². The summed E-state index contributed by atoms with van der Waals surface area (Å²) in [6, 6.07) is 32.8. The van der Waals surface area contributed by atoms with E-state index in [0.717, 1.165) is 56.1 Å². The number of aromatic nitrogens is 2. The van der Waals surface area contributed by atoms with Crippen molar-refractivity contribution in [1.82, 2.24) is 8.75 Å². The van der Waals surface area contributed by atoms with E-state index in [-0.39, 0.29) is 0 Å². The lowest BCUT2D eigenvalue weighted by molar-refractivity contribution is 0.667. The van der Waals surface area contributed by atoms with Gasteiger partial charge >= 0.3 is 0 Å². The van der Waals surface area contributed by atoms with E-state index in [0.29, 0.717) is 0 Å². The molecule has 2 aromatic heterocycles. The highest BCUT2D eigenvalue weighted by Gasteiger charge is 2.18. The molecule has 0 N–H and O–H groups in total. The zero-order valence-electron chi connectivity index (χ0n) is 24.9. The summed E-state index contributed by atoms with van der Waals surface area (Å²) in [6.07, 6.45) is 11.9. The number of aryl methyl sites for hydroxylation is 3. The Morgan fingerprint density at radius 1 is 0.698 bits per heavy atom. The summed E-state index contributed by atoms with van der Waals surface area (Å²) in [4.78, 5) is 4.50. The van der Waals surface area contributed by atoms with Gasteiger partial charge in [-0.15, -0.1) is 17.8 Å². The Labute approximate surface area is 263 Å². The summed E-state index contributed by atoms with van der Waals surface area (Å²) in [6.45, 7) is 6.48. The molecule has 0 saturated heterocycles. The predicted octanol–water partition coefficient (Wildman–Crippen LogP) is 11.3. The molecule has 0 aliphatic carbocycles. The van der Waals surface area contributed by atoms with Gasteiger partial charge in [0.25, 0.3) is 0 Å². The third-order valence-corrected chi connectivity index (χ3v) is 9.61. The smallest absolute Gasteiger partial charge is 0.114 e. The number of anilines is 3. The van der Waals surface area contributed by atoms with Crippen molar-refractivity contribution in [2.24, 2.45) is 0 Å². The predicted molar refractivity (Wildman–Crippen MR) is 186 cm³/mol. The Hall–Kier alpha value is -4.24. The number of thiophene rings is 1. The summed E-state index contributed by atoms with van der Waals surface area (Å²) < 4.78 is 9.50. The summed E-state index contributed by atoms with van der Waals surface area (Å²) in [5, 5.41) is 0. The van der Waals surface area contributed by atoms with Crippen LogP contribution in [0.15, 0.2) is 91.0 Å². The van der Waals surface area contributed by atoms with Crippen molar-refractivity contribution in [3.63, 3.8) is 0 Å². The van der Waals surface area contributed by atoms with Gasteiger partial charge in [0.05, 0.1) is 16.6 Å². The van der Waals surface area contributed by atoms with Crippen molar-refractivity contribution in [3.8, 4) is 33.9 Å². The fraction of sp³-hybridized carbons (Fsp3) is 0.211. The molecule has 0 atom stereocenters. The van der Waals surface area contributed by atoms with Crippen molar-refractivity contribution in [2.45, 2.75) is 52.9 Å². The van der Waals surface area contributed by atoms with Crippen molar-refractivity contribution < 1.29 is 0 Å². The van der Waals surface area contributed by atoms with Crippen molar-refractivity contribution in [1.29, 1.82) is 0 Å². The van der Waals surface area contributed by atoms with E-state index < -0.39 is 0 Å². The molecule has 0 bridgehead atoms. The molecular weight excluding hydrogens is 563 g/mol. The second kappa shape index (κ2) is 13.0. The molecule has 43 heavy (non-hydrogen) atoms. The molecule has 6 rings (SSSR count). The van der Waals surface area contributed by atoms with Gasteiger partial charge in [0.1, 0.15) is 11.0 Å². The highest BCUT2D eigenvalue weighted by Crippen LogP contribution is 2.40. The summed E-state index contributed by atoms with van der Waals surface area (Å²) in [5.41, 5.74) is 12.3. The molecule has 0 fully saturated rings. The van der Waals surface area contributed by atoms with Crippen LogP contribution in [-0.4, -0.2) is 8.75 Å². The molecule has 214 valence electrons. The van der Waals surface area contributed by atoms with Gasteiger partial charge in [0.15, 0.2) is 0 Å². The van der Waals surface area contributed by atoms with E-state index in [1.807, 2.05) is 0 Å². The van der Waals surface area contributed by atoms with Gasteiger partial charge in [-0.3, -0.25) is 0 Å². The van der Waals surface area contributed by atoms with E-state index in [4.69, 9.17) is 15.2 Å². The lowest BCUT2D eigenvalue weighted by Crippen LogP contribution is -2.09. The number of terminal acetylenes is 1. The molecule has 0 radical (unpaired) electrons. The molecule has 0 amide bonds. The maximum atomic E-state index is 5.92. The van der Waals surface area contributed by atoms with E-state index in [9.17, 15) is 0 Å². The normalized spacial score (nSPS) is 11.1. The van der Waals surface area contributed by atoms with Gasteiger partial charge in [0, 0.05) is 33.1 Å². The maximum Gasteiger partial charge on any atom is 0.114 e. The lowest BCUT2D eigenvalue weighted by atomic mass is 9.99. The molecular formula is C38H35N3S2. The lowest BCUT2D eigenvalue weighted by Gasteiger charge is -2.26. The first-order valence-corrected chi connectivity index (χ1v) is 16.5. The number of nitrogens with zero attached hydrogens (tertiary/aromatic N) is 3. The number of fused-ring (bicyclic) bond motifs is 1.